The van der Waals surface area contributed by atoms with E-state index in [1.807, 2.05) is 0 Å². The third-order valence-corrected chi connectivity index (χ3v) is 6.26. The summed E-state index contributed by atoms with van der Waals surface area (Å²) in [6, 6.07) is 2.16. The second-order valence-corrected chi connectivity index (χ2v) is 6.24. The predicted molar refractivity (Wildman–Crippen MR) is 50.1 cm³/mol. The van der Waals surface area contributed by atoms with Crippen molar-refractivity contribution in [3.8, 4) is 0 Å². The first-order chi connectivity index (χ1) is 6.38. The zero-order chi connectivity index (χ0) is 8.32. The van der Waals surface area contributed by atoms with Gasteiger partial charge in [-0.1, -0.05) is 6.92 Å². The van der Waals surface area contributed by atoms with Crippen molar-refractivity contribution < 1.29 is 0 Å². The molecule has 0 spiro atoms. The summed E-state index contributed by atoms with van der Waals surface area (Å²) in [6.45, 7) is 4.00. The predicted octanol–water partition coefficient (Wildman–Crippen LogP) is 1.59. The molecule has 5 unspecified atom stereocenters. The fraction of sp³-hybridized carbons (Fsp3) is 1.00. The highest BCUT2D eigenvalue weighted by Crippen LogP contribution is 2.75. The van der Waals surface area contributed by atoms with Crippen LogP contribution >= 0.6 is 0 Å². The average Bonchev–Trinajstić information content (AvgIpc) is 2.73. The molecule has 3 saturated carbocycles. The van der Waals surface area contributed by atoms with Gasteiger partial charge in [0.1, 0.15) is 0 Å². The number of rotatable bonds is 0. The highest BCUT2D eigenvalue weighted by Gasteiger charge is 2.76. The van der Waals surface area contributed by atoms with Crippen LogP contribution < -0.4 is 0 Å². The first kappa shape index (κ1) is 6.44. The van der Waals surface area contributed by atoms with Gasteiger partial charge in [-0.05, 0) is 48.3 Å². The molecule has 13 heavy (non-hydrogen) atoms. The molecule has 0 radical (unpaired) electrons. The van der Waals surface area contributed by atoms with Gasteiger partial charge in [0.2, 0.25) is 0 Å². The number of piperidine rings is 1. The molecule has 5 fully saturated rings. The third-order valence-electron chi connectivity index (χ3n) is 6.26. The lowest BCUT2D eigenvalue weighted by Gasteiger charge is -2.64. The number of fused-ring (bicyclic) bond motifs is 11. The number of hydrogen-bond donors (Lipinski definition) is 0. The van der Waals surface area contributed by atoms with Gasteiger partial charge in [-0.25, -0.2) is 0 Å². The minimum Gasteiger partial charge on any atom is -0.296 e. The Morgan fingerprint density at radius 2 is 1.92 bits per heavy atom. The highest BCUT2D eigenvalue weighted by molar-refractivity contribution is 5.27. The summed E-state index contributed by atoms with van der Waals surface area (Å²) in [5.74, 6) is 7.02. The highest BCUT2D eigenvalue weighted by atomic mass is 15.3. The molecular formula is C12H17N. The van der Waals surface area contributed by atoms with Gasteiger partial charge in [-0.2, -0.15) is 0 Å². The van der Waals surface area contributed by atoms with E-state index in [0.717, 1.165) is 23.9 Å². The molecule has 0 aromatic rings. The molecule has 2 bridgehead atoms. The Labute approximate surface area is 79.5 Å². The van der Waals surface area contributed by atoms with Crippen molar-refractivity contribution in [3.63, 3.8) is 0 Å². The lowest BCUT2D eigenvalue weighted by molar-refractivity contribution is -0.151. The van der Waals surface area contributed by atoms with Crippen molar-refractivity contribution >= 4 is 0 Å². The summed E-state index contributed by atoms with van der Waals surface area (Å²) in [4.78, 5) is 2.83. The molecule has 0 aromatic heterocycles. The van der Waals surface area contributed by atoms with E-state index in [9.17, 15) is 0 Å². The smallest absolute Gasteiger partial charge is 0.0178 e. The molecule has 0 aromatic carbocycles. The Morgan fingerprint density at radius 1 is 1.08 bits per heavy atom. The van der Waals surface area contributed by atoms with Crippen LogP contribution in [0.1, 0.15) is 19.8 Å². The van der Waals surface area contributed by atoms with Crippen molar-refractivity contribution in [2.24, 2.45) is 35.5 Å². The molecule has 1 heteroatoms. The second kappa shape index (κ2) is 1.60. The Bertz CT molecular complexity index is 271. The summed E-state index contributed by atoms with van der Waals surface area (Å²) in [5, 5.41) is 0. The maximum absolute atomic E-state index is 2.83. The van der Waals surface area contributed by atoms with Gasteiger partial charge in [-0.3, -0.25) is 4.90 Å². The number of hydrogen-bond acceptors (Lipinski definition) is 1. The van der Waals surface area contributed by atoms with Crippen LogP contribution in [0.15, 0.2) is 0 Å². The molecule has 70 valence electrons. The molecular weight excluding hydrogens is 158 g/mol. The van der Waals surface area contributed by atoms with Crippen LogP contribution in [-0.4, -0.2) is 23.5 Å². The maximum Gasteiger partial charge on any atom is 0.0178 e. The van der Waals surface area contributed by atoms with E-state index >= 15 is 0 Å². The molecule has 8 atom stereocenters. The quantitative estimate of drug-likeness (QED) is 0.540. The Morgan fingerprint density at radius 3 is 2.69 bits per heavy atom. The van der Waals surface area contributed by atoms with E-state index < -0.39 is 0 Å². The van der Waals surface area contributed by atoms with Crippen LogP contribution in [0.2, 0.25) is 0 Å². The maximum atomic E-state index is 2.83. The zero-order valence-electron chi connectivity index (χ0n) is 8.19. The first-order valence-electron chi connectivity index (χ1n) is 6.13. The fourth-order valence-corrected chi connectivity index (χ4v) is 5.88. The van der Waals surface area contributed by atoms with Crippen LogP contribution in [0.5, 0.6) is 0 Å². The monoisotopic (exact) mass is 175 g/mol. The van der Waals surface area contributed by atoms with Gasteiger partial charge < -0.3 is 0 Å². The molecule has 5 rings (SSSR count). The lowest BCUT2D eigenvalue weighted by Crippen LogP contribution is -2.72. The van der Waals surface area contributed by atoms with Crippen molar-refractivity contribution in [1.82, 2.24) is 4.90 Å². The largest absolute Gasteiger partial charge is 0.296 e. The van der Waals surface area contributed by atoms with Gasteiger partial charge >= 0.3 is 0 Å². The molecule has 2 saturated heterocycles. The van der Waals surface area contributed by atoms with E-state index in [-0.39, 0.29) is 0 Å². The normalized spacial score (nSPS) is 76.4. The van der Waals surface area contributed by atoms with E-state index in [0.29, 0.717) is 0 Å². The lowest BCUT2D eigenvalue weighted by atomic mass is 9.65. The van der Waals surface area contributed by atoms with Gasteiger partial charge in [0.25, 0.3) is 0 Å². The Balaban J connectivity index is 1.64. The molecule has 2 heterocycles. The summed E-state index contributed by atoms with van der Waals surface area (Å²) in [5.41, 5.74) is 0. The van der Waals surface area contributed by atoms with E-state index in [4.69, 9.17) is 0 Å². The average molecular weight is 175 g/mol. The van der Waals surface area contributed by atoms with Crippen LogP contribution in [0.3, 0.4) is 0 Å². The first-order valence-corrected chi connectivity index (χ1v) is 6.13. The van der Waals surface area contributed by atoms with E-state index in [1.165, 1.54) is 36.6 Å². The summed E-state index contributed by atoms with van der Waals surface area (Å²) in [7, 11) is 0. The topological polar surface area (TPSA) is 3.24 Å². The molecule has 2 aliphatic heterocycles. The van der Waals surface area contributed by atoms with Gasteiger partial charge in [-0.15, -0.1) is 0 Å². The van der Waals surface area contributed by atoms with Crippen molar-refractivity contribution in [3.05, 3.63) is 0 Å². The standard InChI is InChI=1S/C12H17N/c1-5-9-6-4-7(6)10(5)12-11(9)8-2-3-13(8)12/h5-12H,2-4H2,1H3/t5?,6?,7-,8+,9?,10?,11+,12?/m0/s1. The van der Waals surface area contributed by atoms with Crippen LogP contribution in [-0.2, 0) is 0 Å². The van der Waals surface area contributed by atoms with Gasteiger partial charge in [0.05, 0.1) is 0 Å². The molecule has 5 aliphatic rings. The number of nitrogens with zero attached hydrogens (tertiary/aromatic N) is 1. The fourth-order valence-electron chi connectivity index (χ4n) is 5.88. The minimum atomic E-state index is 1.07. The summed E-state index contributed by atoms with van der Waals surface area (Å²) < 4.78 is 0. The van der Waals surface area contributed by atoms with Crippen LogP contribution in [0.4, 0.5) is 0 Å². The Kier molecular flexibility index (Phi) is 0.793. The van der Waals surface area contributed by atoms with E-state index in [2.05, 4.69) is 11.8 Å². The molecule has 1 nitrogen and oxygen atoms in total. The van der Waals surface area contributed by atoms with Crippen molar-refractivity contribution in [2.75, 3.05) is 6.54 Å². The zero-order valence-corrected chi connectivity index (χ0v) is 8.19. The molecule has 0 N–H and O–H groups in total. The molecule has 3 aliphatic carbocycles. The SMILES string of the molecule is CC1C2C3[C@@H](C1C1C[C@@H]12)[C@H]1CCN31. The van der Waals surface area contributed by atoms with Gasteiger partial charge in [0, 0.05) is 18.6 Å². The van der Waals surface area contributed by atoms with Crippen LogP contribution in [0, 0.1) is 35.5 Å². The minimum absolute atomic E-state index is 1.07. The van der Waals surface area contributed by atoms with E-state index in [1.54, 1.807) is 6.42 Å². The van der Waals surface area contributed by atoms with Crippen LogP contribution in [0.25, 0.3) is 0 Å². The van der Waals surface area contributed by atoms with Crippen molar-refractivity contribution in [1.29, 1.82) is 0 Å². The summed E-state index contributed by atoms with van der Waals surface area (Å²) >= 11 is 0. The molecule has 0 amide bonds. The van der Waals surface area contributed by atoms with Gasteiger partial charge in [0.15, 0.2) is 0 Å². The summed E-state index contributed by atoms with van der Waals surface area (Å²) in [6.07, 6.45) is 3.15. The third kappa shape index (κ3) is 0.457. The van der Waals surface area contributed by atoms with Crippen molar-refractivity contribution in [2.45, 2.75) is 31.8 Å². The Hall–Kier alpha value is -0.0400. The second-order valence-electron chi connectivity index (χ2n) is 6.24.